The van der Waals surface area contributed by atoms with Crippen LogP contribution in [0.15, 0.2) is 29.6 Å². The summed E-state index contributed by atoms with van der Waals surface area (Å²) in [5.74, 6) is -0.130. The van der Waals surface area contributed by atoms with Crippen LogP contribution in [0.4, 0.5) is 21.6 Å². The molecule has 0 aliphatic heterocycles. The molecule has 3 aromatic rings. The molecule has 2 aromatic heterocycles. The van der Waals surface area contributed by atoms with Crippen molar-refractivity contribution >= 4 is 67.2 Å². The number of aromatic nitrogens is 2. The Kier molecular flexibility index (Phi) is 5.92. The van der Waals surface area contributed by atoms with E-state index in [-0.39, 0.29) is 22.9 Å². The van der Waals surface area contributed by atoms with Gasteiger partial charge < -0.3 is 16.4 Å². The predicted octanol–water partition coefficient (Wildman–Crippen LogP) is 4.44. The van der Waals surface area contributed by atoms with E-state index in [2.05, 4.69) is 20.6 Å². The number of carbonyl (C=O) groups is 1. The summed E-state index contributed by atoms with van der Waals surface area (Å²) in [6, 6.07) is 7.49. The minimum absolute atomic E-state index is 0. The largest absolute Gasteiger partial charge is 0.399 e. The van der Waals surface area contributed by atoms with E-state index in [9.17, 15) is 4.79 Å². The van der Waals surface area contributed by atoms with Gasteiger partial charge in [-0.25, -0.2) is 9.97 Å². The molecule has 2 heterocycles. The lowest BCUT2D eigenvalue weighted by Crippen LogP contribution is -2.04. The Morgan fingerprint density at radius 2 is 1.88 bits per heavy atom. The molecule has 0 radical (unpaired) electrons. The number of nitrogens with zero attached hydrogens (tertiary/aromatic N) is 2. The first kappa shape index (κ1) is 18.4. The molecule has 0 aliphatic carbocycles. The van der Waals surface area contributed by atoms with Gasteiger partial charge in [-0.2, -0.15) is 0 Å². The number of nitrogens with two attached hydrogens (primary N) is 1. The Labute approximate surface area is 157 Å². The van der Waals surface area contributed by atoms with E-state index in [1.807, 2.05) is 36.6 Å². The Bertz CT molecular complexity index is 844. The second kappa shape index (κ2) is 7.73. The zero-order chi connectivity index (χ0) is 16.4. The van der Waals surface area contributed by atoms with Gasteiger partial charge in [-0.15, -0.1) is 28.3 Å². The molecule has 0 atom stereocenters. The minimum atomic E-state index is -0.130. The van der Waals surface area contributed by atoms with E-state index in [4.69, 9.17) is 5.73 Å². The number of benzene rings is 1. The molecule has 0 aliphatic rings. The third kappa shape index (κ3) is 4.31. The fourth-order valence-electron chi connectivity index (χ4n) is 1.96. The Balaban J connectivity index is 0.00000208. The topological polar surface area (TPSA) is 92.9 Å². The zero-order valence-corrected chi connectivity index (χ0v) is 16.3. The van der Waals surface area contributed by atoms with Gasteiger partial charge in [0.25, 0.3) is 0 Å². The molecule has 0 saturated carbocycles. The van der Waals surface area contributed by atoms with Gasteiger partial charge in [0.1, 0.15) is 0 Å². The molecule has 24 heavy (non-hydrogen) atoms. The molecular weight excluding hydrogens is 410 g/mol. The molecule has 1 amide bonds. The van der Waals surface area contributed by atoms with Crippen LogP contribution in [0.5, 0.6) is 0 Å². The maximum absolute atomic E-state index is 11.1. The van der Waals surface area contributed by atoms with Crippen molar-refractivity contribution in [3.05, 3.63) is 35.3 Å². The van der Waals surface area contributed by atoms with Crippen LogP contribution in [-0.2, 0) is 4.79 Å². The summed E-state index contributed by atoms with van der Waals surface area (Å²) in [4.78, 5) is 21.0. The lowest BCUT2D eigenvalue weighted by Gasteiger charge is -2.02. The van der Waals surface area contributed by atoms with E-state index < -0.39 is 0 Å². The average molecular weight is 426 g/mol. The Morgan fingerprint density at radius 1 is 1.17 bits per heavy atom. The fraction of sp³-hybridized carbons (Fsp3) is 0.133. The first-order chi connectivity index (χ1) is 11.0. The van der Waals surface area contributed by atoms with Crippen molar-refractivity contribution in [1.82, 2.24) is 9.97 Å². The van der Waals surface area contributed by atoms with Crippen molar-refractivity contribution < 1.29 is 4.79 Å². The van der Waals surface area contributed by atoms with Crippen LogP contribution in [0.25, 0.3) is 10.6 Å². The average Bonchev–Trinajstić information content (AvgIpc) is 3.07. The number of anilines is 4. The van der Waals surface area contributed by atoms with Crippen LogP contribution in [0.1, 0.15) is 12.6 Å². The van der Waals surface area contributed by atoms with Crippen LogP contribution in [0.3, 0.4) is 0 Å². The van der Waals surface area contributed by atoms with Crippen molar-refractivity contribution in [3.63, 3.8) is 0 Å². The highest BCUT2D eigenvalue weighted by atomic mass is 79.9. The van der Waals surface area contributed by atoms with E-state index in [1.54, 1.807) is 0 Å². The highest BCUT2D eigenvalue weighted by Crippen LogP contribution is 2.35. The summed E-state index contributed by atoms with van der Waals surface area (Å²) in [7, 11) is 0. The summed E-state index contributed by atoms with van der Waals surface area (Å²) in [6.45, 7) is 3.37. The van der Waals surface area contributed by atoms with Crippen LogP contribution in [0.2, 0.25) is 0 Å². The first-order valence-corrected chi connectivity index (χ1v) is 8.54. The summed E-state index contributed by atoms with van der Waals surface area (Å²) >= 11 is 2.93. The number of carbonyl (C=O) groups excluding carboxylic acids is 1. The van der Waals surface area contributed by atoms with E-state index in [0.717, 1.165) is 32.8 Å². The maximum Gasteiger partial charge on any atom is 0.223 e. The highest BCUT2D eigenvalue weighted by molar-refractivity contribution is 8.93. The second-order valence-corrected chi connectivity index (χ2v) is 6.76. The van der Waals surface area contributed by atoms with E-state index in [0.29, 0.717) is 5.13 Å². The molecule has 0 unspecified atom stereocenters. The van der Waals surface area contributed by atoms with Gasteiger partial charge in [-0.3, -0.25) is 4.79 Å². The maximum atomic E-state index is 11.1. The molecule has 3 rings (SSSR count). The van der Waals surface area contributed by atoms with Crippen LogP contribution < -0.4 is 16.4 Å². The third-order valence-electron chi connectivity index (χ3n) is 2.98. The molecule has 0 bridgehead atoms. The van der Waals surface area contributed by atoms with Gasteiger partial charge in [-0.05, 0) is 31.2 Å². The number of amides is 1. The van der Waals surface area contributed by atoms with Crippen molar-refractivity contribution in [2.75, 3.05) is 16.4 Å². The van der Waals surface area contributed by atoms with Gasteiger partial charge in [-0.1, -0.05) is 11.3 Å². The van der Waals surface area contributed by atoms with Gasteiger partial charge in [0.2, 0.25) is 5.91 Å². The first-order valence-electron chi connectivity index (χ1n) is 6.85. The van der Waals surface area contributed by atoms with Crippen molar-refractivity contribution in [1.29, 1.82) is 0 Å². The monoisotopic (exact) mass is 425 g/mol. The zero-order valence-electron chi connectivity index (χ0n) is 13.0. The van der Waals surface area contributed by atoms with Gasteiger partial charge >= 0.3 is 0 Å². The van der Waals surface area contributed by atoms with Crippen LogP contribution in [-0.4, -0.2) is 15.9 Å². The molecule has 126 valence electrons. The molecule has 0 spiro atoms. The molecule has 6 nitrogen and oxygen atoms in total. The second-order valence-electron chi connectivity index (χ2n) is 4.90. The number of hydrogen-bond donors (Lipinski definition) is 3. The summed E-state index contributed by atoms with van der Waals surface area (Å²) in [5, 5.41) is 9.30. The molecule has 0 saturated heterocycles. The number of hydrogen-bond acceptors (Lipinski definition) is 7. The summed E-state index contributed by atoms with van der Waals surface area (Å²) in [6.07, 6.45) is 0. The highest BCUT2D eigenvalue weighted by Gasteiger charge is 2.13. The predicted molar refractivity (Wildman–Crippen MR) is 107 cm³/mol. The number of thiazole rings is 2. The standard InChI is InChI=1S/C15H15N5OS2.BrH/c1-8-13(23-15(17-8)18-9(2)21)12-7-22-14(20-12)19-11-5-3-10(16)4-6-11;/h3-7H,16H2,1-2H3,(H,19,20)(H,17,18,21);1H. The van der Waals surface area contributed by atoms with Gasteiger partial charge in [0, 0.05) is 23.7 Å². The minimum Gasteiger partial charge on any atom is -0.399 e. The Hall–Kier alpha value is -1.97. The lowest BCUT2D eigenvalue weighted by atomic mass is 10.3. The molecular formula is C15H16BrN5OS2. The number of nitrogens with one attached hydrogen (secondary N) is 2. The number of nitrogen functional groups attached to an aromatic ring is 1. The Morgan fingerprint density at radius 3 is 2.54 bits per heavy atom. The normalized spacial score (nSPS) is 10.1. The van der Waals surface area contributed by atoms with Crippen LogP contribution in [0, 0.1) is 6.92 Å². The van der Waals surface area contributed by atoms with Gasteiger partial charge in [0.05, 0.1) is 16.3 Å². The van der Waals surface area contributed by atoms with E-state index in [1.165, 1.54) is 29.6 Å². The fourth-order valence-corrected chi connectivity index (χ4v) is 3.73. The quantitative estimate of drug-likeness (QED) is 0.537. The van der Waals surface area contributed by atoms with Crippen molar-refractivity contribution in [2.45, 2.75) is 13.8 Å². The smallest absolute Gasteiger partial charge is 0.223 e. The molecule has 9 heteroatoms. The number of aryl methyl sites for hydroxylation is 1. The van der Waals surface area contributed by atoms with Gasteiger partial charge in [0.15, 0.2) is 10.3 Å². The summed E-state index contributed by atoms with van der Waals surface area (Å²) < 4.78 is 0. The number of rotatable bonds is 4. The molecule has 4 N–H and O–H groups in total. The number of halogens is 1. The molecule has 0 fully saturated rings. The van der Waals surface area contributed by atoms with Crippen molar-refractivity contribution in [2.24, 2.45) is 0 Å². The molecule has 1 aromatic carbocycles. The lowest BCUT2D eigenvalue weighted by molar-refractivity contribution is -0.114. The third-order valence-corrected chi connectivity index (χ3v) is 4.83. The van der Waals surface area contributed by atoms with Crippen LogP contribution >= 0.6 is 39.7 Å². The van der Waals surface area contributed by atoms with E-state index >= 15 is 0 Å². The van der Waals surface area contributed by atoms with Crippen molar-refractivity contribution in [3.8, 4) is 10.6 Å². The SMILES string of the molecule is Br.CC(=O)Nc1nc(C)c(-c2csc(Nc3ccc(N)cc3)n2)s1. The summed E-state index contributed by atoms with van der Waals surface area (Å²) in [5.41, 5.74) is 9.03.